The van der Waals surface area contributed by atoms with Gasteiger partial charge in [0.25, 0.3) is 8.32 Å². The molecule has 7 heteroatoms. The lowest BCUT2D eigenvalue weighted by atomic mass is 9.77. The average molecular weight is 646 g/mol. The van der Waals surface area contributed by atoms with Crippen LogP contribution in [0.2, 0.25) is 15.1 Å². The van der Waals surface area contributed by atoms with Crippen LogP contribution in [-0.4, -0.2) is 36.8 Å². The highest BCUT2D eigenvalue weighted by Crippen LogP contribution is 2.46. The van der Waals surface area contributed by atoms with Gasteiger partial charge in [0.1, 0.15) is 0 Å². The van der Waals surface area contributed by atoms with Gasteiger partial charge in [-0.15, -0.1) is 0 Å². The van der Waals surface area contributed by atoms with E-state index in [2.05, 4.69) is 99.3 Å². The second kappa shape index (κ2) is 13.6. The second-order valence-electron chi connectivity index (χ2n) is 13.0. The van der Waals surface area contributed by atoms with E-state index in [0.717, 1.165) is 17.7 Å². The molecule has 4 atom stereocenters. The number of likely N-dealkylation sites (tertiary alicyclic amines) is 1. The van der Waals surface area contributed by atoms with Crippen molar-refractivity contribution in [1.82, 2.24) is 9.88 Å². The van der Waals surface area contributed by atoms with E-state index >= 15 is 0 Å². The molecule has 230 valence electrons. The number of pyridine rings is 1. The molecule has 1 aliphatic rings. The van der Waals surface area contributed by atoms with Crippen molar-refractivity contribution in [2.75, 3.05) is 6.61 Å². The summed E-state index contributed by atoms with van der Waals surface area (Å²) in [6.45, 7) is 11.6. The zero-order chi connectivity index (χ0) is 31.5. The van der Waals surface area contributed by atoms with Crippen molar-refractivity contribution in [2.45, 2.75) is 70.5 Å². The van der Waals surface area contributed by atoms with Crippen LogP contribution in [0.15, 0.2) is 103 Å². The number of hydrogen-bond acceptors (Lipinski definition) is 3. The topological polar surface area (TPSA) is 42.4 Å². The number of nitrogens with zero attached hydrogens (tertiary/aromatic N) is 2. The van der Waals surface area contributed by atoms with Crippen molar-refractivity contribution in [2.24, 2.45) is 5.92 Å². The van der Waals surface area contributed by atoms with Crippen LogP contribution in [0.5, 0.6) is 0 Å². The zero-order valence-corrected chi connectivity index (χ0v) is 28.7. The molecule has 3 aromatic carbocycles. The summed E-state index contributed by atoms with van der Waals surface area (Å²) in [4.78, 5) is 20.8. The molecule has 5 rings (SSSR count). The zero-order valence-electron chi connectivity index (χ0n) is 26.2. The fraction of sp³-hybridized carbons (Fsp3) is 0.351. The van der Waals surface area contributed by atoms with Crippen LogP contribution in [0.3, 0.4) is 0 Å². The van der Waals surface area contributed by atoms with Crippen LogP contribution >= 0.6 is 23.2 Å². The smallest absolute Gasteiger partial charge is 0.261 e. The largest absolute Gasteiger partial charge is 0.407 e. The number of hydrogen-bond donors (Lipinski definition) is 0. The molecular weight excluding hydrogens is 603 g/mol. The summed E-state index contributed by atoms with van der Waals surface area (Å²) < 4.78 is 7.22. The standard InChI is InChI=1S/C37H42Cl2N2O2Si/c1-26-23-33(28-13-12-14-29(38)24-28)35(34-20-19-30(39)25-40-34)41(36(26)42)27(2)21-22-43-44(37(3,4)5,31-15-8-6-9-16-31)32-17-10-7-11-18-32/h6-20,24-27,33,35H,21-23H2,1-5H3/t26?,27-,33+,35-/m0/s1. The van der Waals surface area contributed by atoms with Crippen LogP contribution in [0.1, 0.15) is 70.7 Å². The molecule has 0 bridgehead atoms. The first-order valence-electron chi connectivity index (χ1n) is 15.5. The van der Waals surface area contributed by atoms with Gasteiger partial charge in [-0.3, -0.25) is 9.78 Å². The van der Waals surface area contributed by atoms with Crippen LogP contribution in [0.25, 0.3) is 0 Å². The predicted octanol–water partition coefficient (Wildman–Crippen LogP) is 8.44. The van der Waals surface area contributed by atoms with E-state index in [1.807, 2.05) is 37.3 Å². The molecular formula is C37H42Cl2N2O2Si. The molecule has 4 nitrogen and oxygen atoms in total. The number of carbonyl (C=O) groups excluding carboxylic acids is 1. The van der Waals surface area contributed by atoms with Crippen molar-refractivity contribution < 1.29 is 9.22 Å². The van der Waals surface area contributed by atoms with Gasteiger partial charge >= 0.3 is 0 Å². The molecule has 44 heavy (non-hydrogen) atoms. The van der Waals surface area contributed by atoms with Crippen molar-refractivity contribution in [3.8, 4) is 0 Å². The molecule has 2 heterocycles. The second-order valence-corrected chi connectivity index (χ2v) is 18.2. The molecule has 1 aromatic heterocycles. The highest BCUT2D eigenvalue weighted by molar-refractivity contribution is 6.99. The number of rotatable bonds is 9. The Kier molecular flexibility index (Phi) is 10.0. The van der Waals surface area contributed by atoms with E-state index in [-0.39, 0.29) is 34.9 Å². The van der Waals surface area contributed by atoms with Gasteiger partial charge in [-0.1, -0.05) is 124 Å². The van der Waals surface area contributed by atoms with Gasteiger partial charge in [0.05, 0.1) is 16.8 Å². The fourth-order valence-electron chi connectivity index (χ4n) is 6.94. The van der Waals surface area contributed by atoms with E-state index in [0.29, 0.717) is 23.1 Å². The number of benzene rings is 3. The maximum Gasteiger partial charge on any atom is 0.261 e. The molecule has 1 saturated heterocycles. The summed E-state index contributed by atoms with van der Waals surface area (Å²) in [5.41, 5.74) is 1.94. The Balaban J connectivity index is 1.49. The first kappa shape index (κ1) is 32.4. The average Bonchev–Trinajstić information content (AvgIpc) is 3.01. The van der Waals surface area contributed by atoms with E-state index in [1.165, 1.54) is 10.4 Å². The Labute approximate surface area is 273 Å². The van der Waals surface area contributed by atoms with E-state index in [9.17, 15) is 4.79 Å². The van der Waals surface area contributed by atoms with E-state index in [1.54, 1.807) is 6.20 Å². The van der Waals surface area contributed by atoms with Gasteiger partial charge in [-0.05, 0) is 65.0 Å². The minimum atomic E-state index is -2.70. The molecule has 4 aromatic rings. The van der Waals surface area contributed by atoms with Crippen LogP contribution < -0.4 is 10.4 Å². The van der Waals surface area contributed by atoms with Crippen molar-refractivity contribution in [3.05, 3.63) is 125 Å². The third kappa shape index (κ3) is 6.52. The summed E-state index contributed by atoms with van der Waals surface area (Å²) >= 11 is 12.7. The van der Waals surface area contributed by atoms with Gasteiger partial charge < -0.3 is 9.33 Å². The SMILES string of the molecule is CC1C[C@H](c2cccc(Cl)c2)[C@@H](c2ccc(Cl)cn2)N([C@@H](C)CCO[Si](c2ccccc2)(c2ccccc2)C(C)(C)C)C1=O. The lowest BCUT2D eigenvalue weighted by molar-refractivity contribution is -0.146. The fourth-order valence-corrected chi connectivity index (χ4v) is 11.8. The molecule has 1 fully saturated rings. The summed E-state index contributed by atoms with van der Waals surface area (Å²) in [5, 5.41) is 3.63. The first-order chi connectivity index (χ1) is 21.0. The van der Waals surface area contributed by atoms with Crippen LogP contribution in [-0.2, 0) is 9.22 Å². The number of halogens is 2. The van der Waals surface area contributed by atoms with Crippen molar-refractivity contribution in [1.29, 1.82) is 0 Å². The monoisotopic (exact) mass is 644 g/mol. The Morgan fingerprint density at radius 3 is 2.09 bits per heavy atom. The quantitative estimate of drug-likeness (QED) is 0.172. The Hall–Kier alpha value is -2.96. The molecule has 0 spiro atoms. The number of carbonyl (C=O) groups is 1. The maximum atomic E-state index is 14.0. The van der Waals surface area contributed by atoms with Crippen molar-refractivity contribution in [3.63, 3.8) is 0 Å². The van der Waals surface area contributed by atoms with Gasteiger partial charge in [0, 0.05) is 35.7 Å². The number of aromatic nitrogens is 1. The molecule has 1 aliphatic heterocycles. The molecule has 1 amide bonds. The molecule has 0 saturated carbocycles. The predicted molar refractivity (Wildman–Crippen MR) is 184 cm³/mol. The first-order valence-corrected chi connectivity index (χ1v) is 18.1. The van der Waals surface area contributed by atoms with Crippen LogP contribution in [0, 0.1) is 5.92 Å². The van der Waals surface area contributed by atoms with Crippen LogP contribution in [0.4, 0.5) is 0 Å². The van der Waals surface area contributed by atoms with E-state index in [4.69, 9.17) is 32.6 Å². The normalized spacial score (nSPS) is 20.0. The minimum Gasteiger partial charge on any atom is -0.407 e. The Morgan fingerprint density at radius 1 is 0.909 bits per heavy atom. The molecule has 0 radical (unpaired) electrons. The maximum absolute atomic E-state index is 14.0. The van der Waals surface area contributed by atoms with Gasteiger partial charge in [-0.25, -0.2) is 0 Å². The van der Waals surface area contributed by atoms with Gasteiger partial charge in [0.2, 0.25) is 5.91 Å². The molecule has 0 N–H and O–H groups in total. The summed E-state index contributed by atoms with van der Waals surface area (Å²) in [7, 11) is -2.70. The summed E-state index contributed by atoms with van der Waals surface area (Å²) in [6, 6.07) is 32.8. The highest BCUT2D eigenvalue weighted by Gasteiger charge is 2.50. The van der Waals surface area contributed by atoms with Crippen molar-refractivity contribution >= 4 is 47.8 Å². The highest BCUT2D eigenvalue weighted by atomic mass is 35.5. The van der Waals surface area contributed by atoms with Gasteiger partial charge in [0.15, 0.2) is 0 Å². The Morgan fingerprint density at radius 2 is 1.55 bits per heavy atom. The van der Waals surface area contributed by atoms with E-state index < -0.39 is 8.32 Å². The Bertz CT molecular complexity index is 1500. The summed E-state index contributed by atoms with van der Waals surface area (Å²) in [5.74, 6) is 0.0423. The summed E-state index contributed by atoms with van der Waals surface area (Å²) in [6.07, 6.45) is 3.08. The molecule has 1 unspecified atom stereocenters. The molecule has 0 aliphatic carbocycles. The lowest BCUT2D eigenvalue weighted by Crippen LogP contribution is -2.66. The third-order valence-electron chi connectivity index (χ3n) is 9.04. The minimum absolute atomic E-state index is 0.0372. The lowest BCUT2D eigenvalue weighted by Gasteiger charge is -2.47. The van der Waals surface area contributed by atoms with Gasteiger partial charge in [-0.2, -0.15) is 0 Å². The third-order valence-corrected chi connectivity index (χ3v) is 14.5. The number of amides is 1. The number of piperidine rings is 1.